The van der Waals surface area contributed by atoms with Gasteiger partial charge in [0.15, 0.2) is 11.5 Å². The molecule has 2 heterocycles. The van der Waals surface area contributed by atoms with Crippen molar-refractivity contribution < 1.29 is 14.2 Å². The minimum absolute atomic E-state index is 0.0773. The van der Waals surface area contributed by atoms with Gasteiger partial charge in [0.05, 0.1) is 11.6 Å². The van der Waals surface area contributed by atoms with E-state index in [1.807, 2.05) is 6.07 Å². The Morgan fingerprint density at radius 2 is 1.80 bits per heavy atom. The first kappa shape index (κ1) is 16.4. The molecule has 4 rings (SSSR count). The lowest BCUT2D eigenvalue weighted by molar-refractivity contribution is -0.0637. The third-order valence-electron chi connectivity index (χ3n) is 4.96. The first-order chi connectivity index (χ1) is 12.1. The molecule has 1 N–H and O–H groups in total. The monoisotopic (exact) mass is 339 g/mol. The van der Waals surface area contributed by atoms with Crippen LogP contribution in [0.5, 0.6) is 11.5 Å². The van der Waals surface area contributed by atoms with E-state index in [0.29, 0.717) is 12.8 Å². The molecule has 2 aromatic rings. The van der Waals surface area contributed by atoms with E-state index in [2.05, 4.69) is 61.6 Å². The lowest BCUT2D eigenvalue weighted by atomic mass is 9.91. The molecular formula is C21H25NO3. The number of hydrogen-bond acceptors (Lipinski definition) is 4. The molecule has 0 aromatic heterocycles. The van der Waals surface area contributed by atoms with E-state index in [9.17, 15) is 0 Å². The molecule has 4 nitrogen and oxygen atoms in total. The van der Waals surface area contributed by atoms with Gasteiger partial charge in [-0.2, -0.15) is 0 Å². The van der Waals surface area contributed by atoms with Crippen molar-refractivity contribution >= 4 is 0 Å². The summed E-state index contributed by atoms with van der Waals surface area (Å²) in [5.74, 6) is 1.65. The first-order valence-corrected chi connectivity index (χ1v) is 8.95. The summed E-state index contributed by atoms with van der Waals surface area (Å²) >= 11 is 0. The zero-order chi connectivity index (χ0) is 17.3. The molecule has 0 amide bonds. The Hall–Kier alpha value is -2.04. The summed E-state index contributed by atoms with van der Waals surface area (Å²) in [6.07, 6.45) is 2.03. The fourth-order valence-electron chi connectivity index (χ4n) is 3.73. The molecule has 2 atom stereocenters. The fraction of sp³-hybridized carbons (Fsp3) is 0.429. The van der Waals surface area contributed by atoms with Crippen LogP contribution in [-0.4, -0.2) is 25.0 Å². The third-order valence-corrected chi connectivity index (χ3v) is 4.96. The molecule has 1 fully saturated rings. The van der Waals surface area contributed by atoms with Crippen molar-refractivity contribution in [1.29, 1.82) is 0 Å². The van der Waals surface area contributed by atoms with Crippen molar-refractivity contribution in [3.63, 3.8) is 0 Å². The molecule has 4 heteroatoms. The maximum absolute atomic E-state index is 5.87. The van der Waals surface area contributed by atoms with Crippen molar-refractivity contribution in [3.8, 4) is 11.5 Å². The van der Waals surface area contributed by atoms with E-state index in [1.54, 1.807) is 0 Å². The second kappa shape index (κ2) is 6.70. The Morgan fingerprint density at radius 1 is 1.00 bits per heavy atom. The molecule has 2 aliphatic heterocycles. The van der Waals surface area contributed by atoms with E-state index in [4.69, 9.17) is 14.2 Å². The van der Waals surface area contributed by atoms with Gasteiger partial charge in [0.2, 0.25) is 6.79 Å². The molecule has 1 saturated heterocycles. The van der Waals surface area contributed by atoms with Gasteiger partial charge < -0.3 is 19.5 Å². The average Bonchev–Trinajstić information content (AvgIpc) is 3.07. The van der Waals surface area contributed by atoms with E-state index < -0.39 is 0 Å². The van der Waals surface area contributed by atoms with Crippen molar-refractivity contribution in [1.82, 2.24) is 5.32 Å². The lowest BCUT2D eigenvalue weighted by Crippen LogP contribution is -2.45. The Morgan fingerprint density at radius 3 is 2.60 bits per heavy atom. The van der Waals surface area contributed by atoms with Crippen LogP contribution in [0.15, 0.2) is 48.5 Å². The largest absolute Gasteiger partial charge is 0.454 e. The van der Waals surface area contributed by atoms with Crippen LogP contribution in [0.2, 0.25) is 0 Å². The number of fused-ring (bicyclic) bond motifs is 1. The van der Waals surface area contributed by atoms with Crippen LogP contribution < -0.4 is 14.8 Å². The van der Waals surface area contributed by atoms with Crippen molar-refractivity contribution in [3.05, 3.63) is 59.7 Å². The van der Waals surface area contributed by atoms with Gasteiger partial charge in [-0.15, -0.1) is 0 Å². The van der Waals surface area contributed by atoms with Gasteiger partial charge in [-0.1, -0.05) is 36.4 Å². The standard InChI is InChI=1S/C21H25NO3/c1-21(2)13-17(10-11-25-21)22-20(15-6-4-3-5-7-15)16-8-9-18-19(12-16)24-14-23-18/h3-9,12,17,20,22H,10-11,13-14H2,1-2H3/t17-,20-/m0/s1. The Balaban J connectivity index is 1.63. The molecule has 0 bridgehead atoms. The van der Waals surface area contributed by atoms with Gasteiger partial charge in [0, 0.05) is 12.6 Å². The number of hydrogen-bond donors (Lipinski definition) is 1. The van der Waals surface area contributed by atoms with Crippen LogP contribution in [0.1, 0.15) is 43.9 Å². The zero-order valence-electron chi connectivity index (χ0n) is 14.8. The summed E-state index contributed by atoms with van der Waals surface area (Å²) in [6, 6.07) is 17.3. The molecule has 132 valence electrons. The molecular weight excluding hydrogens is 314 g/mol. The summed E-state index contributed by atoms with van der Waals surface area (Å²) in [7, 11) is 0. The topological polar surface area (TPSA) is 39.7 Å². The molecule has 0 saturated carbocycles. The Bertz CT molecular complexity index is 729. The maximum atomic E-state index is 5.87. The highest BCUT2D eigenvalue weighted by molar-refractivity contribution is 5.47. The molecule has 0 unspecified atom stereocenters. The zero-order valence-corrected chi connectivity index (χ0v) is 14.8. The highest BCUT2D eigenvalue weighted by atomic mass is 16.7. The minimum Gasteiger partial charge on any atom is -0.454 e. The van der Waals surface area contributed by atoms with Gasteiger partial charge in [0.25, 0.3) is 0 Å². The Kier molecular flexibility index (Phi) is 4.40. The predicted molar refractivity (Wildman–Crippen MR) is 97.0 cm³/mol. The smallest absolute Gasteiger partial charge is 0.231 e. The van der Waals surface area contributed by atoms with Crippen LogP contribution in [0.4, 0.5) is 0 Å². The summed E-state index contributed by atoms with van der Waals surface area (Å²) in [6.45, 7) is 5.43. The first-order valence-electron chi connectivity index (χ1n) is 8.95. The lowest BCUT2D eigenvalue weighted by Gasteiger charge is -2.38. The summed E-state index contributed by atoms with van der Waals surface area (Å²) in [5, 5.41) is 3.86. The van der Waals surface area contributed by atoms with Crippen LogP contribution >= 0.6 is 0 Å². The molecule has 2 aliphatic rings. The number of benzene rings is 2. The predicted octanol–water partition coefficient (Wildman–Crippen LogP) is 4.05. The van der Waals surface area contributed by atoms with Gasteiger partial charge in [-0.3, -0.25) is 0 Å². The summed E-state index contributed by atoms with van der Waals surface area (Å²) in [5.41, 5.74) is 2.37. The molecule has 0 spiro atoms. The van der Waals surface area contributed by atoms with E-state index in [1.165, 1.54) is 11.1 Å². The van der Waals surface area contributed by atoms with Crippen LogP contribution in [-0.2, 0) is 4.74 Å². The van der Waals surface area contributed by atoms with Gasteiger partial charge in [0.1, 0.15) is 0 Å². The van der Waals surface area contributed by atoms with Crippen LogP contribution in [0.25, 0.3) is 0 Å². The highest BCUT2D eigenvalue weighted by Gasteiger charge is 2.31. The van der Waals surface area contributed by atoms with Gasteiger partial charge in [-0.25, -0.2) is 0 Å². The van der Waals surface area contributed by atoms with Crippen molar-refractivity contribution in [2.45, 2.75) is 44.4 Å². The second-order valence-corrected chi connectivity index (χ2v) is 7.42. The average molecular weight is 339 g/mol. The summed E-state index contributed by atoms with van der Waals surface area (Å²) < 4.78 is 16.9. The second-order valence-electron chi connectivity index (χ2n) is 7.42. The number of ether oxygens (including phenoxy) is 3. The normalized spacial score (nSPS) is 22.6. The van der Waals surface area contributed by atoms with Crippen molar-refractivity contribution in [2.24, 2.45) is 0 Å². The summed E-state index contributed by atoms with van der Waals surface area (Å²) in [4.78, 5) is 0. The number of rotatable bonds is 4. The van der Waals surface area contributed by atoms with E-state index in [-0.39, 0.29) is 11.6 Å². The fourth-order valence-corrected chi connectivity index (χ4v) is 3.73. The molecule has 25 heavy (non-hydrogen) atoms. The SMILES string of the molecule is CC1(C)C[C@@H](N[C@@H](c2ccccc2)c2ccc3c(c2)OCO3)CCO1. The molecule has 0 radical (unpaired) electrons. The quantitative estimate of drug-likeness (QED) is 0.912. The van der Waals surface area contributed by atoms with E-state index >= 15 is 0 Å². The van der Waals surface area contributed by atoms with Gasteiger partial charge >= 0.3 is 0 Å². The molecule has 0 aliphatic carbocycles. The van der Waals surface area contributed by atoms with Crippen LogP contribution in [0, 0.1) is 0 Å². The Labute approximate surface area is 149 Å². The highest BCUT2D eigenvalue weighted by Crippen LogP contribution is 2.36. The van der Waals surface area contributed by atoms with E-state index in [0.717, 1.165) is 30.9 Å². The van der Waals surface area contributed by atoms with Crippen molar-refractivity contribution in [2.75, 3.05) is 13.4 Å². The molecule has 2 aromatic carbocycles. The van der Waals surface area contributed by atoms with Gasteiger partial charge in [-0.05, 0) is 49.9 Å². The number of nitrogens with one attached hydrogen (secondary N) is 1. The third kappa shape index (κ3) is 3.65. The maximum Gasteiger partial charge on any atom is 0.231 e. The van der Waals surface area contributed by atoms with Crippen LogP contribution in [0.3, 0.4) is 0 Å². The minimum atomic E-state index is -0.0773.